The third-order valence-corrected chi connectivity index (χ3v) is 4.51. The second kappa shape index (κ2) is 6.84. The lowest BCUT2D eigenvalue weighted by Crippen LogP contribution is -2.35. The molecule has 26 heavy (non-hydrogen) atoms. The molecular formula is C20H18N4O2. The Morgan fingerprint density at radius 2 is 1.77 bits per heavy atom. The molecule has 2 heterocycles. The minimum Gasteiger partial charge on any atom is -0.334 e. The zero-order chi connectivity index (χ0) is 17.9. The molecule has 0 aliphatic carbocycles. The van der Waals surface area contributed by atoms with Crippen molar-refractivity contribution in [3.05, 3.63) is 83.2 Å². The number of nitrogens with one attached hydrogen (secondary N) is 2. The van der Waals surface area contributed by atoms with Crippen LogP contribution in [0, 0.1) is 0 Å². The van der Waals surface area contributed by atoms with E-state index in [1.807, 2.05) is 23.1 Å². The maximum absolute atomic E-state index is 12.7. The van der Waals surface area contributed by atoms with E-state index in [1.54, 1.807) is 42.6 Å². The molecule has 0 unspecified atom stereocenters. The molecule has 1 aliphatic heterocycles. The number of fused-ring (bicyclic) bond motifs is 1. The highest BCUT2D eigenvalue weighted by Crippen LogP contribution is 2.19. The number of carbonyl (C=O) groups is 2. The van der Waals surface area contributed by atoms with Gasteiger partial charge in [-0.25, -0.2) is 0 Å². The van der Waals surface area contributed by atoms with Gasteiger partial charge in [0, 0.05) is 47.6 Å². The van der Waals surface area contributed by atoms with Gasteiger partial charge >= 0.3 is 0 Å². The Morgan fingerprint density at radius 3 is 2.54 bits per heavy atom. The number of benzene rings is 2. The van der Waals surface area contributed by atoms with Gasteiger partial charge in [0.1, 0.15) is 0 Å². The molecular weight excluding hydrogens is 328 g/mol. The summed E-state index contributed by atoms with van der Waals surface area (Å²) in [5.74, 6) is -0.189. The highest BCUT2D eigenvalue weighted by Gasteiger charge is 2.22. The normalized spacial score (nSPS) is 13.2. The van der Waals surface area contributed by atoms with Crippen LogP contribution in [0.1, 0.15) is 32.0 Å². The smallest absolute Gasteiger partial charge is 0.255 e. The van der Waals surface area contributed by atoms with E-state index in [2.05, 4.69) is 15.5 Å². The van der Waals surface area contributed by atoms with E-state index < -0.39 is 0 Å². The average molecular weight is 346 g/mol. The Hall–Kier alpha value is -3.41. The molecule has 0 spiro atoms. The van der Waals surface area contributed by atoms with Gasteiger partial charge in [0.05, 0.1) is 6.20 Å². The zero-order valence-electron chi connectivity index (χ0n) is 14.1. The first-order valence-corrected chi connectivity index (χ1v) is 8.47. The second-order valence-corrected chi connectivity index (χ2v) is 6.25. The first-order chi connectivity index (χ1) is 12.7. The number of hydrogen-bond donors (Lipinski definition) is 2. The van der Waals surface area contributed by atoms with Crippen LogP contribution in [-0.4, -0.2) is 33.5 Å². The standard InChI is InChI=1S/C20H18N4O2/c25-19(14-4-2-1-3-5-14)22-17-8-6-15(7-9-17)20(26)24-11-10-18-16(13-24)12-21-23-18/h1-9,12H,10-11,13H2,(H,21,23)(H,22,25). The first-order valence-electron chi connectivity index (χ1n) is 8.47. The van der Waals surface area contributed by atoms with Gasteiger partial charge in [0.2, 0.25) is 0 Å². The van der Waals surface area contributed by atoms with Gasteiger partial charge in [0.25, 0.3) is 11.8 Å². The molecule has 130 valence electrons. The highest BCUT2D eigenvalue weighted by molar-refractivity contribution is 6.04. The third-order valence-electron chi connectivity index (χ3n) is 4.51. The fourth-order valence-electron chi connectivity index (χ4n) is 3.07. The summed E-state index contributed by atoms with van der Waals surface area (Å²) in [6.45, 7) is 1.23. The molecule has 0 bridgehead atoms. The highest BCUT2D eigenvalue weighted by atomic mass is 16.2. The molecule has 0 atom stereocenters. The molecule has 2 N–H and O–H groups in total. The van der Waals surface area contributed by atoms with Crippen molar-refractivity contribution >= 4 is 17.5 Å². The molecule has 3 aromatic rings. The first kappa shape index (κ1) is 16.1. The maximum Gasteiger partial charge on any atom is 0.255 e. The molecule has 0 fully saturated rings. The monoisotopic (exact) mass is 346 g/mol. The van der Waals surface area contributed by atoms with E-state index in [4.69, 9.17) is 0 Å². The van der Waals surface area contributed by atoms with Crippen LogP contribution in [0.2, 0.25) is 0 Å². The van der Waals surface area contributed by atoms with Crippen LogP contribution >= 0.6 is 0 Å². The largest absolute Gasteiger partial charge is 0.334 e. The lowest BCUT2D eigenvalue weighted by Gasteiger charge is -2.26. The summed E-state index contributed by atoms with van der Waals surface area (Å²) in [6.07, 6.45) is 2.56. The average Bonchev–Trinajstić information content (AvgIpc) is 3.16. The van der Waals surface area contributed by atoms with Gasteiger partial charge in [-0.3, -0.25) is 14.7 Å². The minimum absolute atomic E-state index is 0.0159. The van der Waals surface area contributed by atoms with Crippen LogP contribution < -0.4 is 5.32 Å². The zero-order valence-corrected chi connectivity index (χ0v) is 14.1. The number of rotatable bonds is 3. The summed E-state index contributed by atoms with van der Waals surface area (Å²) in [4.78, 5) is 26.7. The summed E-state index contributed by atoms with van der Waals surface area (Å²) < 4.78 is 0. The predicted molar refractivity (Wildman–Crippen MR) is 97.9 cm³/mol. The van der Waals surface area contributed by atoms with E-state index >= 15 is 0 Å². The van der Waals surface area contributed by atoms with Gasteiger partial charge in [0.15, 0.2) is 0 Å². The summed E-state index contributed by atoms with van der Waals surface area (Å²) in [7, 11) is 0. The van der Waals surface area contributed by atoms with Gasteiger partial charge in [-0.05, 0) is 36.4 Å². The van der Waals surface area contributed by atoms with Crippen molar-refractivity contribution in [3.8, 4) is 0 Å². The Balaban J connectivity index is 1.43. The number of H-pyrrole nitrogens is 1. The molecule has 2 amide bonds. The number of aromatic amines is 1. The number of amides is 2. The van der Waals surface area contributed by atoms with E-state index in [-0.39, 0.29) is 11.8 Å². The van der Waals surface area contributed by atoms with Crippen LogP contribution in [0.4, 0.5) is 5.69 Å². The Morgan fingerprint density at radius 1 is 1.00 bits per heavy atom. The molecule has 0 radical (unpaired) electrons. The van der Waals surface area contributed by atoms with E-state index in [1.165, 1.54) is 0 Å². The molecule has 6 heteroatoms. The topological polar surface area (TPSA) is 78.1 Å². The van der Waals surface area contributed by atoms with Crippen LogP contribution in [0.3, 0.4) is 0 Å². The van der Waals surface area contributed by atoms with Gasteiger partial charge in [-0.2, -0.15) is 5.10 Å². The predicted octanol–water partition coefficient (Wildman–Crippen LogP) is 2.86. The van der Waals surface area contributed by atoms with Gasteiger partial charge in [-0.15, -0.1) is 0 Å². The lowest BCUT2D eigenvalue weighted by molar-refractivity contribution is 0.0734. The van der Waals surface area contributed by atoms with Crippen LogP contribution in [0.15, 0.2) is 60.8 Å². The van der Waals surface area contributed by atoms with Crippen LogP contribution in [0.25, 0.3) is 0 Å². The third kappa shape index (κ3) is 3.21. The Bertz CT molecular complexity index is 932. The fraction of sp³-hybridized carbons (Fsp3) is 0.150. The summed E-state index contributed by atoms with van der Waals surface area (Å²) in [5.41, 5.74) is 4.03. The summed E-state index contributed by atoms with van der Waals surface area (Å²) in [6, 6.07) is 16.0. The summed E-state index contributed by atoms with van der Waals surface area (Å²) >= 11 is 0. The molecule has 6 nitrogen and oxygen atoms in total. The van der Waals surface area contributed by atoms with Crippen molar-refractivity contribution in [1.29, 1.82) is 0 Å². The van der Waals surface area contributed by atoms with E-state index in [0.717, 1.165) is 17.7 Å². The van der Waals surface area contributed by atoms with Crippen molar-refractivity contribution in [1.82, 2.24) is 15.1 Å². The van der Waals surface area contributed by atoms with Crippen molar-refractivity contribution in [3.63, 3.8) is 0 Å². The Labute approximate surface area is 150 Å². The van der Waals surface area contributed by atoms with Crippen molar-refractivity contribution in [2.45, 2.75) is 13.0 Å². The van der Waals surface area contributed by atoms with Crippen LogP contribution in [0.5, 0.6) is 0 Å². The summed E-state index contributed by atoms with van der Waals surface area (Å²) in [5, 5.41) is 9.84. The van der Waals surface area contributed by atoms with E-state index in [9.17, 15) is 9.59 Å². The quantitative estimate of drug-likeness (QED) is 0.765. The van der Waals surface area contributed by atoms with E-state index in [0.29, 0.717) is 29.9 Å². The number of carbonyl (C=O) groups excluding carboxylic acids is 2. The molecule has 4 rings (SSSR count). The van der Waals surface area contributed by atoms with Crippen molar-refractivity contribution in [2.75, 3.05) is 11.9 Å². The Kier molecular flexibility index (Phi) is 4.23. The molecule has 2 aromatic carbocycles. The number of hydrogen-bond acceptors (Lipinski definition) is 3. The minimum atomic E-state index is -0.173. The number of nitrogens with zero attached hydrogens (tertiary/aromatic N) is 2. The SMILES string of the molecule is O=C(Nc1ccc(C(=O)N2CCc3[nH]ncc3C2)cc1)c1ccccc1. The maximum atomic E-state index is 12.7. The van der Waals surface area contributed by atoms with Gasteiger partial charge in [-0.1, -0.05) is 18.2 Å². The fourth-order valence-corrected chi connectivity index (χ4v) is 3.07. The van der Waals surface area contributed by atoms with Crippen molar-refractivity contribution in [2.24, 2.45) is 0 Å². The molecule has 0 saturated carbocycles. The van der Waals surface area contributed by atoms with Gasteiger partial charge < -0.3 is 10.2 Å². The number of anilines is 1. The molecule has 1 aliphatic rings. The number of aromatic nitrogens is 2. The molecule has 0 saturated heterocycles. The van der Waals surface area contributed by atoms with Crippen molar-refractivity contribution < 1.29 is 9.59 Å². The second-order valence-electron chi connectivity index (χ2n) is 6.25. The lowest BCUT2D eigenvalue weighted by atomic mass is 10.1. The van der Waals surface area contributed by atoms with Crippen LogP contribution in [-0.2, 0) is 13.0 Å². The molecule has 1 aromatic heterocycles.